The van der Waals surface area contributed by atoms with Crippen LogP contribution in [-0.4, -0.2) is 69.9 Å². The number of fused-ring (bicyclic) bond motifs is 1. The number of aromatic amines is 1. The smallest absolute Gasteiger partial charge is 0.255 e. The van der Waals surface area contributed by atoms with Gasteiger partial charge in [0, 0.05) is 49.6 Å². The van der Waals surface area contributed by atoms with Gasteiger partial charge in [-0.3, -0.25) is 9.89 Å². The van der Waals surface area contributed by atoms with Crippen LogP contribution in [0.15, 0.2) is 30.3 Å². The number of aryl methyl sites for hydroxylation is 1. The summed E-state index contributed by atoms with van der Waals surface area (Å²) in [7, 11) is 1.60. The number of benzene rings is 1. The van der Waals surface area contributed by atoms with Crippen LogP contribution in [0.4, 0.5) is 5.95 Å². The Bertz CT molecular complexity index is 1110. The second-order valence-corrected chi connectivity index (χ2v) is 8.12. The zero-order chi connectivity index (χ0) is 21.4. The average molecular weight is 422 g/mol. The summed E-state index contributed by atoms with van der Waals surface area (Å²) >= 11 is 0. The number of hydrogen-bond acceptors (Lipinski definition) is 7. The van der Waals surface area contributed by atoms with Crippen LogP contribution in [0.2, 0.25) is 0 Å². The molecule has 1 aromatic carbocycles. The Morgan fingerprint density at radius 1 is 1.19 bits per heavy atom. The minimum absolute atomic E-state index is 0.0493. The van der Waals surface area contributed by atoms with Crippen LogP contribution in [0.1, 0.15) is 24.2 Å². The Labute approximate surface area is 180 Å². The number of methoxy groups -OCH3 is 1. The maximum atomic E-state index is 13.5. The number of nitrogens with zero attached hydrogens (tertiary/aromatic N) is 5. The molecule has 0 atom stereocenters. The van der Waals surface area contributed by atoms with Crippen molar-refractivity contribution in [3.05, 3.63) is 41.7 Å². The van der Waals surface area contributed by atoms with Crippen LogP contribution in [0.3, 0.4) is 0 Å². The maximum absolute atomic E-state index is 13.5. The number of nitrogens with one attached hydrogen (secondary N) is 1. The molecular weight excluding hydrogens is 396 g/mol. The van der Waals surface area contributed by atoms with E-state index in [-0.39, 0.29) is 5.91 Å². The topological polar surface area (TPSA) is 96.5 Å². The maximum Gasteiger partial charge on any atom is 0.255 e. The zero-order valence-corrected chi connectivity index (χ0v) is 17.8. The second kappa shape index (κ2) is 7.81. The SMILES string of the molecule is COc1cc(C)nc(N2CCC3(CC2)OCCN(Cc2n[nH]c4ccccc24)C3=O)n1. The van der Waals surface area contributed by atoms with Crippen LogP contribution >= 0.6 is 0 Å². The van der Waals surface area contributed by atoms with Gasteiger partial charge in [-0.1, -0.05) is 18.2 Å². The van der Waals surface area contributed by atoms with E-state index < -0.39 is 5.60 Å². The zero-order valence-electron chi connectivity index (χ0n) is 17.8. The van der Waals surface area contributed by atoms with Crippen molar-refractivity contribution in [2.24, 2.45) is 0 Å². The Morgan fingerprint density at radius 2 is 2.00 bits per heavy atom. The van der Waals surface area contributed by atoms with Crippen molar-refractivity contribution < 1.29 is 14.3 Å². The predicted molar refractivity (Wildman–Crippen MR) is 115 cm³/mol. The highest BCUT2D eigenvalue weighted by molar-refractivity contribution is 5.87. The highest BCUT2D eigenvalue weighted by Gasteiger charge is 2.47. The number of carbonyl (C=O) groups is 1. The van der Waals surface area contributed by atoms with Gasteiger partial charge in [0.1, 0.15) is 5.60 Å². The third kappa shape index (κ3) is 3.59. The van der Waals surface area contributed by atoms with Crippen molar-refractivity contribution in [2.45, 2.75) is 31.9 Å². The fraction of sp³-hybridized carbons (Fsp3) is 0.455. The van der Waals surface area contributed by atoms with E-state index >= 15 is 0 Å². The van der Waals surface area contributed by atoms with Crippen molar-refractivity contribution in [1.29, 1.82) is 0 Å². The first-order valence-corrected chi connectivity index (χ1v) is 10.6. The van der Waals surface area contributed by atoms with Crippen molar-refractivity contribution in [1.82, 2.24) is 25.1 Å². The Kier molecular flexibility index (Phi) is 4.97. The van der Waals surface area contributed by atoms with Crippen molar-refractivity contribution in [3.8, 4) is 5.88 Å². The van der Waals surface area contributed by atoms with Gasteiger partial charge < -0.3 is 19.3 Å². The predicted octanol–water partition coefficient (Wildman–Crippen LogP) is 2.07. The summed E-state index contributed by atoms with van der Waals surface area (Å²) in [5, 5.41) is 8.54. The summed E-state index contributed by atoms with van der Waals surface area (Å²) in [5.41, 5.74) is 1.94. The molecule has 2 aliphatic heterocycles. The fourth-order valence-corrected chi connectivity index (χ4v) is 4.47. The Morgan fingerprint density at radius 3 is 2.81 bits per heavy atom. The van der Waals surface area contributed by atoms with Gasteiger partial charge in [-0.2, -0.15) is 10.1 Å². The van der Waals surface area contributed by atoms with Gasteiger partial charge in [0.15, 0.2) is 0 Å². The minimum Gasteiger partial charge on any atom is -0.481 e. The molecule has 1 amide bonds. The highest BCUT2D eigenvalue weighted by atomic mass is 16.5. The second-order valence-electron chi connectivity index (χ2n) is 8.12. The molecule has 0 unspecified atom stereocenters. The van der Waals surface area contributed by atoms with E-state index in [0.29, 0.717) is 57.5 Å². The first kappa shape index (κ1) is 19.7. The number of H-pyrrole nitrogens is 1. The van der Waals surface area contributed by atoms with Crippen LogP contribution in [-0.2, 0) is 16.1 Å². The molecule has 31 heavy (non-hydrogen) atoms. The molecule has 3 aromatic rings. The number of para-hydroxylation sites is 1. The number of anilines is 1. The van der Waals surface area contributed by atoms with E-state index in [0.717, 1.165) is 22.3 Å². The monoisotopic (exact) mass is 422 g/mol. The minimum atomic E-state index is -0.783. The lowest BCUT2D eigenvalue weighted by Crippen LogP contribution is -2.60. The molecule has 162 valence electrons. The molecule has 2 fully saturated rings. The van der Waals surface area contributed by atoms with E-state index in [1.165, 1.54) is 0 Å². The molecular formula is C22H26N6O3. The lowest BCUT2D eigenvalue weighted by molar-refractivity contribution is -0.176. The number of rotatable bonds is 4. The van der Waals surface area contributed by atoms with Crippen molar-refractivity contribution in [2.75, 3.05) is 38.3 Å². The molecule has 5 rings (SSSR count). The number of piperidine rings is 1. The molecule has 1 N–H and O–H groups in total. The van der Waals surface area contributed by atoms with Gasteiger partial charge >= 0.3 is 0 Å². The number of ether oxygens (including phenoxy) is 2. The quantitative estimate of drug-likeness (QED) is 0.687. The first-order chi connectivity index (χ1) is 15.1. The normalized spacial score (nSPS) is 18.7. The number of aromatic nitrogens is 4. The molecule has 9 heteroatoms. The van der Waals surface area contributed by atoms with Crippen LogP contribution in [0.25, 0.3) is 10.9 Å². The van der Waals surface area contributed by atoms with Gasteiger partial charge in [-0.05, 0) is 13.0 Å². The Hall–Kier alpha value is -3.20. The summed E-state index contributed by atoms with van der Waals surface area (Å²) in [6, 6.07) is 9.79. The van der Waals surface area contributed by atoms with Crippen molar-refractivity contribution in [3.63, 3.8) is 0 Å². The van der Waals surface area contributed by atoms with Gasteiger partial charge in [0.05, 0.1) is 31.5 Å². The summed E-state index contributed by atoms with van der Waals surface area (Å²) in [6.07, 6.45) is 1.20. The van der Waals surface area contributed by atoms with E-state index in [9.17, 15) is 4.79 Å². The lowest BCUT2D eigenvalue weighted by Gasteiger charge is -2.45. The van der Waals surface area contributed by atoms with Crippen LogP contribution < -0.4 is 9.64 Å². The third-order valence-electron chi connectivity index (χ3n) is 6.19. The van der Waals surface area contributed by atoms with Crippen LogP contribution in [0.5, 0.6) is 5.88 Å². The molecule has 4 heterocycles. The first-order valence-electron chi connectivity index (χ1n) is 10.6. The van der Waals surface area contributed by atoms with Gasteiger partial charge in [-0.25, -0.2) is 4.98 Å². The molecule has 1 spiro atoms. The molecule has 0 saturated carbocycles. The lowest BCUT2D eigenvalue weighted by atomic mass is 9.88. The third-order valence-corrected chi connectivity index (χ3v) is 6.19. The molecule has 2 aliphatic rings. The van der Waals surface area contributed by atoms with E-state index in [1.54, 1.807) is 13.2 Å². The van der Waals surface area contributed by atoms with Gasteiger partial charge in [-0.15, -0.1) is 0 Å². The number of amides is 1. The van der Waals surface area contributed by atoms with Gasteiger partial charge in [0.2, 0.25) is 11.8 Å². The summed E-state index contributed by atoms with van der Waals surface area (Å²) in [6.45, 7) is 4.81. The number of hydrogen-bond donors (Lipinski definition) is 1. The molecule has 2 saturated heterocycles. The largest absolute Gasteiger partial charge is 0.481 e. The average Bonchev–Trinajstić information content (AvgIpc) is 3.20. The standard InChI is InChI=1S/C22H26N6O3/c1-15-13-19(30-2)24-21(23-15)27-9-7-22(8-10-27)20(29)28(11-12-31-22)14-18-16-5-3-4-6-17(16)25-26-18/h3-6,13H,7-12,14H2,1-2H3,(H,25,26). The molecule has 0 bridgehead atoms. The number of carbonyl (C=O) groups excluding carboxylic acids is 1. The Balaban J connectivity index is 1.31. The molecule has 9 nitrogen and oxygen atoms in total. The number of morpholine rings is 1. The summed E-state index contributed by atoms with van der Waals surface area (Å²) in [4.78, 5) is 26.4. The van der Waals surface area contributed by atoms with Gasteiger partial charge in [0.25, 0.3) is 5.91 Å². The fourth-order valence-electron chi connectivity index (χ4n) is 4.47. The van der Waals surface area contributed by atoms with Crippen LogP contribution in [0, 0.1) is 6.92 Å². The van der Waals surface area contributed by atoms with E-state index in [4.69, 9.17) is 9.47 Å². The van der Waals surface area contributed by atoms with E-state index in [2.05, 4.69) is 25.1 Å². The molecule has 2 aromatic heterocycles. The van der Waals surface area contributed by atoms with Crippen molar-refractivity contribution >= 4 is 22.8 Å². The summed E-state index contributed by atoms with van der Waals surface area (Å²) < 4.78 is 11.4. The molecule has 0 aliphatic carbocycles. The van der Waals surface area contributed by atoms with E-state index in [1.807, 2.05) is 36.1 Å². The summed E-state index contributed by atoms with van der Waals surface area (Å²) in [5.74, 6) is 1.23. The molecule has 0 radical (unpaired) electrons. The highest BCUT2D eigenvalue weighted by Crippen LogP contribution is 2.33.